The Hall–Kier alpha value is -1.11. The van der Waals surface area contributed by atoms with E-state index < -0.39 is 0 Å². The van der Waals surface area contributed by atoms with Crippen molar-refractivity contribution in [1.82, 2.24) is 0 Å². The number of aldehydes is 1. The Morgan fingerprint density at radius 2 is 2.19 bits per heavy atom. The number of hydrogen-bond acceptors (Lipinski definition) is 1. The van der Waals surface area contributed by atoms with Crippen LogP contribution in [0.1, 0.15) is 61.4 Å². The lowest BCUT2D eigenvalue weighted by molar-refractivity contribution is 0.112. The highest BCUT2D eigenvalue weighted by Gasteiger charge is 2.28. The van der Waals surface area contributed by atoms with E-state index in [0.29, 0.717) is 11.3 Å². The van der Waals surface area contributed by atoms with Crippen molar-refractivity contribution >= 4 is 6.29 Å². The zero-order chi connectivity index (χ0) is 11.6. The van der Waals surface area contributed by atoms with Crippen molar-refractivity contribution in [3.8, 4) is 0 Å². The van der Waals surface area contributed by atoms with E-state index in [4.69, 9.17) is 0 Å². The molecule has 0 radical (unpaired) electrons. The fraction of sp³-hybridized carbons (Fsp3) is 0.533. The second-order valence-corrected chi connectivity index (χ2v) is 5.75. The Bertz CT molecular complexity index is 379. The minimum atomic E-state index is 0.458. The lowest BCUT2D eigenvalue weighted by Gasteiger charge is -2.35. The summed E-state index contributed by atoms with van der Waals surface area (Å²) in [4.78, 5) is 10.8. The summed E-state index contributed by atoms with van der Waals surface area (Å²) in [7, 11) is 0. The first-order chi connectivity index (χ1) is 7.61. The molecule has 1 aliphatic carbocycles. The molecule has 0 amide bonds. The lowest BCUT2D eigenvalue weighted by Crippen LogP contribution is -2.21. The minimum absolute atomic E-state index is 0.458. The normalized spacial score (nSPS) is 24.0. The summed E-state index contributed by atoms with van der Waals surface area (Å²) in [6.45, 7) is 4.70. The topological polar surface area (TPSA) is 17.1 Å². The third-order valence-corrected chi connectivity index (χ3v) is 3.72. The molecule has 0 bridgehead atoms. The van der Waals surface area contributed by atoms with Gasteiger partial charge in [-0.05, 0) is 42.2 Å². The average molecular weight is 216 g/mol. The zero-order valence-corrected chi connectivity index (χ0v) is 10.2. The Morgan fingerprint density at radius 1 is 1.38 bits per heavy atom. The summed E-state index contributed by atoms with van der Waals surface area (Å²) >= 11 is 0. The number of benzene rings is 1. The zero-order valence-electron chi connectivity index (χ0n) is 10.2. The maximum Gasteiger partial charge on any atom is 0.150 e. The van der Waals surface area contributed by atoms with Crippen LogP contribution in [0.2, 0.25) is 0 Å². The van der Waals surface area contributed by atoms with Gasteiger partial charge in [-0.1, -0.05) is 38.5 Å². The molecule has 0 aliphatic heterocycles. The number of hydrogen-bond donors (Lipinski definition) is 0. The van der Waals surface area contributed by atoms with E-state index in [-0.39, 0.29) is 0 Å². The molecule has 1 heteroatoms. The first-order valence-corrected chi connectivity index (χ1v) is 6.16. The van der Waals surface area contributed by atoms with E-state index in [1.54, 1.807) is 0 Å². The molecular formula is C15H20O. The Balaban J connectivity index is 2.20. The summed E-state index contributed by atoms with van der Waals surface area (Å²) in [5.74, 6) is 0.642. The van der Waals surface area contributed by atoms with Crippen LogP contribution in [0.3, 0.4) is 0 Å². The van der Waals surface area contributed by atoms with Crippen molar-refractivity contribution in [2.24, 2.45) is 5.41 Å². The quantitative estimate of drug-likeness (QED) is 0.678. The highest BCUT2D eigenvalue weighted by Crippen LogP contribution is 2.43. The maximum absolute atomic E-state index is 10.8. The van der Waals surface area contributed by atoms with Crippen LogP contribution >= 0.6 is 0 Å². The average Bonchev–Trinajstić information content (AvgIpc) is 2.28. The highest BCUT2D eigenvalue weighted by molar-refractivity contribution is 5.75. The van der Waals surface area contributed by atoms with E-state index in [1.165, 1.54) is 31.2 Å². The third kappa shape index (κ3) is 2.52. The summed E-state index contributed by atoms with van der Waals surface area (Å²) in [6.07, 6.45) is 6.10. The maximum atomic E-state index is 10.8. The molecule has 0 heterocycles. The van der Waals surface area contributed by atoms with E-state index in [0.717, 1.165) is 11.8 Å². The lowest BCUT2D eigenvalue weighted by atomic mass is 9.70. The molecule has 0 N–H and O–H groups in total. The van der Waals surface area contributed by atoms with Gasteiger partial charge in [0.25, 0.3) is 0 Å². The molecule has 2 rings (SSSR count). The van der Waals surface area contributed by atoms with Gasteiger partial charge in [0, 0.05) is 5.56 Å². The Morgan fingerprint density at radius 3 is 2.88 bits per heavy atom. The van der Waals surface area contributed by atoms with Crippen molar-refractivity contribution < 1.29 is 4.79 Å². The minimum Gasteiger partial charge on any atom is -0.298 e. The Labute approximate surface area is 97.9 Å². The van der Waals surface area contributed by atoms with Crippen molar-refractivity contribution in [2.75, 3.05) is 0 Å². The second kappa shape index (κ2) is 4.40. The molecule has 1 saturated carbocycles. The Kier molecular flexibility index (Phi) is 3.13. The molecule has 0 spiro atoms. The van der Waals surface area contributed by atoms with E-state index in [9.17, 15) is 4.79 Å². The van der Waals surface area contributed by atoms with Crippen LogP contribution in [0.25, 0.3) is 0 Å². The largest absolute Gasteiger partial charge is 0.298 e. The molecule has 1 aromatic carbocycles. The monoisotopic (exact) mass is 216 g/mol. The molecule has 16 heavy (non-hydrogen) atoms. The van der Waals surface area contributed by atoms with Crippen LogP contribution in [0.15, 0.2) is 24.3 Å². The number of carbonyl (C=O) groups is 1. The van der Waals surface area contributed by atoms with Crippen LogP contribution in [0.5, 0.6) is 0 Å². The van der Waals surface area contributed by atoms with Gasteiger partial charge >= 0.3 is 0 Å². The first-order valence-electron chi connectivity index (χ1n) is 6.16. The van der Waals surface area contributed by atoms with E-state index >= 15 is 0 Å². The van der Waals surface area contributed by atoms with Crippen LogP contribution in [0.4, 0.5) is 0 Å². The predicted octanol–water partition coefficient (Wildman–Crippen LogP) is 4.18. The van der Waals surface area contributed by atoms with Gasteiger partial charge in [0.2, 0.25) is 0 Å². The van der Waals surface area contributed by atoms with E-state index in [2.05, 4.69) is 26.0 Å². The van der Waals surface area contributed by atoms with Crippen molar-refractivity contribution in [3.05, 3.63) is 35.4 Å². The van der Waals surface area contributed by atoms with Crippen LogP contribution in [-0.2, 0) is 0 Å². The predicted molar refractivity (Wildman–Crippen MR) is 66.8 cm³/mol. The molecule has 1 aromatic rings. The first kappa shape index (κ1) is 11.4. The van der Waals surface area contributed by atoms with Gasteiger partial charge in [-0.25, -0.2) is 0 Å². The molecule has 1 unspecified atom stereocenters. The van der Waals surface area contributed by atoms with Crippen LogP contribution < -0.4 is 0 Å². The summed E-state index contributed by atoms with van der Waals surface area (Å²) in [5, 5.41) is 0. The molecular weight excluding hydrogens is 196 g/mol. The van der Waals surface area contributed by atoms with Gasteiger partial charge in [-0.15, -0.1) is 0 Å². The van der Waals surface area contributed by atoms with Crippen molar-refractivity contribution in [3.63, 3.8) is 0 Å². The molecule has 0 aromatic heterocycles. The van der Waals surface area contributed by atoms with Gasteiger partial charge in [-0.3, -0.25) is 4.79 Å². The highest BCUT2D eigenvalue weighted by atomic mass is 16.1. The summed E-state index contributed by atoms with van der Waals surface area (Å²) < 4.78 is 0. The molecule has 86 valence electrons. The van der Waals surface area contributed by atoms with Crippen LogP contribution in [0, 0.1) is 5.41 Å². The van der Waals surface area contributed by atoms with Crippen molar-refractivity contribution in [2.45, 2.75) is 45.4 Å². The summed E-state index contributed by atoms with van der Waals surface area (Å²) in [5.41, 5.74) is 2.61. The number of carbonyl (C=O) groups excluding carboxylic acids is 1. The van der Waals surface area contributed by atoms with Gasteiger partial charge in [-0.2, -0.15) is 0 Å². The summed E-state index contributed by atoms with van der Waals surface area (Å²) in [6, 6.07) is 8.10. The van der Waals surface area contributed by atoms with Crippen molar-refractivity contribution in [1.29, 1.82) is 0 Å². The molecule has 0 saturated heterocycles. The van der Waals surface area contributed by atoms with Crippen LogP contribution in [-0.4, -0.2) is 6.29 Å². The number of rotatable bonds is 2. The van der Waals surface area contributed by atoms with Gasteiger partial charge in [0.1, 0.15) is 6.29 Å². The third-order valence-electron chi connectivity index (χ3n) is 3.72. The molecule has 1 nitrogen and oxygen atoms in total. The molecule has 1 aliphatic rings. The van der Waals surface area contributed by atoms with Gasteiger partial charge < -0.3 is 0 Å². The standard InChI is InChI=1S/C15H20O/c1-15(2)8-4-7-14(10-15)13-6-3-5-12(9-13)11-16/h3,5-6,9,11,14H,4,7-8,10H2,1-2H3. The second-order valence-electron chi connectivity index (χ2n) is 5.75. The fourth-order valence-corrected chi connectivity index (χ4v) is 2.87. The fourth-order valence-electron chi connectivity index (χ4n) is 2.87. The molecule has 1 fully saturated rings. The van der Waals surface area contributed by atoms with E-state index in [1.807, 2.05) is 12.1 Å². The smallest absolute Gasteiger partial charge is 0.150 e. The SMILES string of the molecule is CC1(C)CCCC(c2cccc(C=O)c2)C1. The molecule has 1 atom stereocenters. The van der Waals surface area contributed by atoms with Gasteiger partial charge in [0.05, 0.1) is 0 Å². The van der Waals surface area contributed by atoms with Gasteiger partial charge in [0.15, 0.2) is 0 Å².